The van der Waals surface area contributed by atoms with Crippen LogP contribution in [0, 0.1) is 5.92 Å². The van der Waals surface area contributed by atoms with E-state index in [-0.39, 0.29) is 17.9 Å². The number of hydrogen-bond donors (Lipinski definition) is 1. The summed E-state index contributed by atoms with van der Waals surface area (Å²) < 4.78 is 0. The average Bonchev–Trinajstić information content (AvgIpc) is 2.83. The Morgan fingerprint density at radius 1 is 1.41 bits per heavy atom. The summed E-state index contributed by atoms with van der Waals surface area (Å²) in [7, 11) is 0. The highest BCUT2D eigenvalue weighted by molar-refractivity contribution is 5.82. The van der Waals surface area contributed by atoms with Gasteiger partial charge in [0.05, 0.1) is 6.04 Å². The number of nitrogens with zero attached hydrogens (tertiary/aromatic N) is 2. The Bertz CT molecular complexity index is 282. The number of nitrogens with two attached hydrogens (primary N) is 1. The molecule has 0 aromatic heterocycles. The van der Waals surface area contributed by atoms with Crippen LogP contribution in [-0.4, -0.2) is 54.0 Å². The maximum absolute atomic E-state index is 12.3. The number of fused-ring (bicyclic) bond motifs is 1. The smallest absolute Gasteiger partial charge is 0.239 e. The Hall–Kier alpha value is -0.610. The number of amides is 1. The minimum absolute atomic E-state index is 0.158. The number of carbonyl (C=O) groups excluding carboxylic acids is 1. The van der Waals surface area contributed by atoms with Crippen molar-refractivity contribution < 1.29 is 4.79 Å². The van der Waals surface area contributed by atoms with Gasteiger partial charge in [-0.3, -0.25) is 9.69 Å². The monoisotopic (exact) mass is 239 g/mol. The molecule has 2 rings (SSSR count). The zero-order valence-electron chi connectivity index (χ0n) is 11.1. The molecule has 1 amide bonds. The van der Waals surface area contributed by atoms with Crippen molar-refractivity contribution >= 4 is 5.91 Å². The second-order valence-corrected chi connectivity index (χ2v) is 5.53. The van der Waals surface area contributed by atoms with E-state index >= 15 is 0 Å². The van der Waals surface area contributed by atoms with E-state index < -0.39 is 0 Å². The van der Waals surface area contributed by atoms with Gasteiger partial charge in [-0.05, 0) is 25.3 Å². The molecule has 0 radical (unpaired) electrons. The van der Waals surface area contributed by atoms with Gasteiger partial charge in [0.2, 0.25) is 5.91 Å². The summed E-state index contributed by atoms with van der Waals surface area (Å²) in [6, 6.07) is 0.282. The van der Waals surface area contributed by atoms with E-state index in [4.69, 9.17) is 5.73 Å². The lowest BCUT2D eigenvalue weighted by Crippen LogP contribution is -2.56. The van der Waals surface area contributed by atoms with Crippen LogP contribution >= 0.6 is 0 Å². The Morgan fingerprint density at radius 2 is 2.18 bits per heavy atom. The number of hydrogen-bond acceptors (Lipinski definition) is 3. The van der Waals surface area contributed by atoms with Crippen molar-refractivity contribution in [1.82, 2.24) is 9.80 Å². The van der Waals surface area contributed by atoms with Crippen molar-refractivity contribution in [3.05, 3.63) is 0 Å². The molecule has 4 nitrogen and oxygen atoms in total. The van der Waals surface area contributed by atoms with Crippen LogP contribution in [0.4, 0.5) is 0 Å². The fraction of sp³-hybridized carbons (Fsp3) is 0.923. The lowest BCUT2D eigenvalue weighted by Gasteiger charge is -2.39. The summed E-state index contributed by atoms with van der Waals surface area (Å²) in [4.78, 5) is 16.8. The summed E-state index contributed by atoms with van der Waals surface area (Å²) in [5.74, 6) is 0.440. The van der Waals surface area contributed by atoms with E-state index in [1.54, 1.807) is 0 Å². The summed E-state index contributed by atoms with van der Waals surface area (Å²) in [5.41, 5.74) is 6.03. The highest BCUT2D eigenvalue weighted by Gasteiger charge is 2.34. The molecule has 2 aliphatic rings. The predicted octanol–water partition coefficient (Wildman–Crippen LogP) is 0.666. The van der Waals surface area contributed by atoms with Gasteiger partial charge < -0.3 is 10.6 Å². The van der Waals surface area contributed by atoms with Crippen molar-refractivity contribution in [3.63, 3.8) is 0 Å². The highest BCUT2D eigenvalue weighted by atomic mass is 16.2. The van der Waals surface area contributed by atoms with E-state index in [1.165, 1.54) is 19.4 Å². The van der Waals surface area contributed by atoms with Gasteiger partial charge in [0, 0.05) is 25.7 Å². The Balaban J connectivity index is 1.92. The van der Waals surface area contributed by atoms with Crippen LogP contribution in [0.3, 0.4) is 0 Å². The summed E-state index contributed by atoms with van der Waals surface area (Å²) >= 11 is 0. The summed E-state index contributed by atoms with van der Waals surface area (Å²) in [5, 5.41) is 0. The van der Waals surface area contributed by atoms with Crippen LogP contribution in [-0.2, 0) is 4.79 Å². The zero-order chi connectivity index (χ0) is 12.4. The molecular formula is C13H25N3O. The van der Waals surface area contributed by atoms with Crippen molar-refractivity contribution in [2.45, 2.75) is 45.2 Å². The van der Waals surface area contributed by atoms with Gasteiger partial charge in [0.1, 0.15) is 0 Å². The molecule has 2 heterocycles. The standard InChI is InChI=1S/C13H25N3O/c1-3-10(2)12(14)13(17)16-8-7-15-6-4-5-11(15)9-16/h10-12H,3-9,14H2,1-2H3/t10?,11?,12-/m0/s1. The van der Waals surface area contributed by atoms with Gasteiger partial charge >= 0.3 is 0 Å². The fourth-order valence-electron chi connectivity index (χ4n) is 2.90. The maximum Gasteiger partial charge on any atom is 0.239 e. The second kappa shape index (κ2) is 5.36. The van der Waals surface area contributed by atoms with Crippen LogP contribution in [0.1, 0.15) is 33.1 Å². The first-order valence-electron chi connectivity index (χ1n) is 6.92. The molecule has 98 valence electrons. The number of piperazine rings is 1. The molecule has 0 bridgehead atoms. The molecule has 3 atom stereocenters. The fourth-order valence-corrected chi connectivity index (χ4v) is 2.90. The minimum Gasteiger partial charge on any atom is -0.338 e. The second-order valence-electron chi connectivity index (χ2n) is 5.53. The normalized spacial score (nSPS) is 28.9. The van der Waals surface area contributed by atoms with Crippen molar-refractivity contribution in [2.75, 3.05) is 26.2 Å². The molecular weight excluding hydrogens is 214 g/mol. The molecule has 2 N–H and O–H groups in total. The largest absolute Gasteiger partial charge is 0.338 e. The van der Waals surface area contributed by atoms with Gasteiger partial charge in [-0.1, -0.05) is 20.3 Å². The molecule has 2 unspecified atom stereocenters. The van der Waals surface area contributed by atoms with Crippen molar-refractivity contribution in [1.29, 1.82) is 0 Å². The Morgan fingerprint density at radius 3 is 2.88 bits per heavy atom. The van der Waals surface area contributed by atoms with Crippen molar-refractivity contribution in [3.8, 4) is 0 Å². The molecule has 0 aliphatic carbocycles. The first kappa shape index (κ1) is 12.8. The Labute approximate surface area is 104 Å². The predicted molar refractivity (Wildman–Crippen MR) is 68.6 cm³/mol. The van der Waals surface area contributed by atoms with E-state index in [9.17, 15) is 4.79 Å². The van der Waals surface area contributed by atoms with E-state index in [0.717, 1.165) is 26.1 Å². The molecule has 0 aromatic carbocycles. The highest BCUT2D eigenvalue weighted by Crippen LogP contribution is 2.22. The molecule has 2 fully saturated rings. The third-order valence-electron chi connectivity index (χ3n) is 4.44. The molecule has 2 saturated heterocycles. The minimum atomic E-state index is -0.312. The summed E-state index contributed by atoms with van der Waals surface area (Å²) in [6.07, 6.45) is 3.49. The van der Waals surface area contributed by atoms with Gasteiger partial charge in [-0.25, -0.2) is 0 Å². The van der Waals surface area contributed by atoms with Gasteiger partial charge in [-0.2, -0.15) is 0 Å². The summed E-state index contributed by atoms with van der Waals surface area (Å²) in [6.45, 7) is 8.15. The molecule has 17 heavy (non-hydrogen) atoms. The molecule has 0 saturated carbocycles. The first-order chi connectivity index (χ1) is 8.13. The maximum atomic E-state index is 12.3. The average molecular weight is 239 g/mol. The van der Waals surface area contributed by atoms with Crippen LogP contribution in [0.15, 0.2) is 0 Å². The third kappa shape index (κ3) is 2.63. The zero-order valence-corrected chi connectivity index (χ0v) is 11.1. The number of rotatable bonds is 3. The SMILES string of the molecule is CCC(C)[C@H](N)C(=O)N1CCN2CCCC2C1. The Kier molecular flexibility index (Phi) is 4.05. The third-order valence-corrected chi connectivity index (χ3v) is 4.44. The van der Waals surface area contributed by atoms with Gasteiger partial charge in [0.15, 0.2) is 0 Å². The number of carbonyl (C=O) groups is 1. The quantitative estimate of drug-likeness (QED) is 0.787. The van der Waals surface area contributed by atoms with E-state index in [2.05, 4.69) is 18.7 Å². The van der Waals surface area contributed by atoms with Crippen LogP contribution in [0.5, 0.6) is 0 Å². The van der Waals surface area contributed by atoms with Crippen LogP contribution < -0.4 is 5.73 Å². The van der Waals surface area contributed by atoms with Crippen LogP contribution in [0.2, 0.25) is 0 Å². The van der Waals surface area contributed by atoms with Gasteiger partial charge in [-0.15, -0.1) is 0 Å². The lowest BCUT2D eigenvalue weighted by atomic mass is 9.98. The van der Waals surface area contributed by atoms with E-state index in [0.29, 0.717) is 6.04 Å². The van der Waals surface area contributed by atoms with Crippen molar-refractivity contribution in [2.24, 2.45) is 11.7 Å². The van der Waals surface area contributed by atoms with Gasteiger partial charge in [0.25, 0.3) is 0 Å². The molecule has 0 aromatic rings. The first-order valence-corrected chi connectivity index (χ1v) is 6.92. The lowest BCUT2D eigenvalue weighted by molar-refractivity contribution is -0.136. The molecule has 2 aliphatic heterocycles. The van der Waals surface area contributed by atoms with E-state index in [1.807, 2.05) is 4.90 Å². The molecule has 0 spiro atoms. The van der Waals surface area contributed by atoms with Crippen LogP contribution in [0.25, 0.3) is 0 Å². The molecule has 4 heteroatoms. The topological polar surface area (TPSA) is 49.6 Å².